The lowest BCUT2D eigenvalue weighted by atomic mass is 10.1. The summed E-state index contributed by atoms with van der Waals surface area (Å²) in [6.45, 7) is 6.39. The van der Waals surface area contributed by atoms with Gasteiger partial charge in [-0.05, 0) is 58.6 Å². The zero-order valence-electron chi connectivity index (χ0n) is 19.3. The van der Waals surface area contributed by atoms with Crippen molar-refractivity contribution < 1.29 is 13.6 Å². The molecule has 0 spiro atoms. The molecule has 6 heteroatoms. The summed E-state index contributed by atoms with van der Waals surface area (Å²) in [4.78, 5) is 0. The Morgan fingerprint density at radius 2 is 1.39 bits per heavy atom. The molecule has 3 nitrogen and oxygen atoms in total. The van der Waals surface area contributed by atoms with Crippen molar-refractivity contribution >= 4 is 34.5 Å². The van der Waals surface area contributed by atoms with E-state index >= 15 is 0 Å². The normalized spacial score (nSPS) is 12.9. The summed E-state index contributed by atoms with van der Waals surface area (Å²) >= 11 is 0. The van der Waals surface area contributed by atoms with Crippen LogP contribution in [0.1, 0.15) is 40.0 Å². The predicted molar refractivity (Wildman–Crippen MR) is 137 cm³/mol. The molecule has 0 aliphatic carbocycles. The number of hydrogen-bond acceptors (Lipinski definition) is 3. The average Bonchev–Trinajstić information content (AvgIpc) is 2.77. The maximum absolute atomic E-state index is 13.7. The third-order valence-electron chi connectivity index (χ3n) is 5.01. The van der Waals surface area contributed by atoms with E-state index in [0.717, 1.165) is 12.8 Å². The fourth-order valence-electron chi connectivity index (χ4n) is 3.36. The van der Waals surface area contributed by atoms with Crippen LogP contribution in [-0.4, -0.2) is 28.0 Å². The van der Waals surface area contributed by atoms with Gasteiger partial charge in [-0.2, -0.15) is 0 Å². The molecule has 0 bridgehead atoms. The summed E-state index contributed by atoms with van der Waals surface area (Å²) in [5.41, 5.74) is 2.63. The van der Waals surface area contributed by atoms with Crippen LogP contribution in [0.3, 0.4) is 0 Å². The second-order valence-electron chi connectivity index (χ2n) is 7.53. The van der Waals surface area contributed by atoms with Gasteiger partial charge in [-0.1, -0.05) is 84.0 Å². The number of allylic oxidation sites excluding steroid dienone is 4. The van der Waals surface area contributed by atoms with Gasteiger partial charge in [0.1, 0.15) is 0 Å². The molecule has 0 fully saturated rings. The highest BCUT2D eigenvalue weighted by atomic mass is 31.2. The van der Waals surface area contributed by atoms with Crippen LogP contribution in [0.25, 0.3) is 0 Å². The zero-order chi connectivity index (χ0) is 22.0. The van der Waals surface area contributed by atoms with Gasteiger partial charge in [-0.3, -0.25) is 4.57 Å². The fraction of sp³-hybridized carbons (Fsp3) is 0.360. The lowest BCUT2D eigenvalue weighted by molar-refractivity contribution is 0.273. The highest BCUT2D eigenvalue weighted by molar-refractivity contribution is 7.83. The molecule has 2 aromatic carbocycles. The van der Waals surface area contributed by atoms with Gasteiger partial charge in [0.2, 0.25) is 0 Å². The number of hydrogen-bond donors (Lipinski definition) is 0. The molecule has 165 valence electrons. The van der Waals surface area contributed by atoms with Crippen LogP contribution in [0.2, 0.25) is 0 Å². The Labute approximate surface area is 191 Å². The molecule has 2 aromatic rings. The van der Waals surface area contributed by atoms with Gasteiger partial charge in [0.15, 0.2) is 0 Å². The van der Waals surface area contributed by atoms with Crippen LogP contribution in [-0.2, 0) is 13.6 Å². The molecule has 0 aliphatic heterocycles. The first-order valence-corrected chi connectivity index (χ1v) is 13.3. The molecule has 0 heterocycles. The zero-order valence-corrected chi connectivity index (χ0v) is 21.1. The minimum atomic E-state index is -3.30. The van der Waals surface area contributed by atoms with Crippen LogP contribution in [0, 0.1) is 0 Å². The Morgan fingerprint density at radius 1 is 0.903 bits per heavy atom. The molecule has 0 aromatic heterocycles. The van der Waals surface area contributed by atoms with Gasteiger partial charge >= 0.3 is 7.60 Å². The first-order chi connectivity index (χ1) is 14.4. The van der Waals surface area contributed by atoms with Crippen molar-refractivity contribution in [3.05, 3.63) is 84.0 Å². The minimum absolute atomic E-state index is 0. The van der Waals surface area contributed by atoms with Crippen molar-refractivity contribution in [2.45, 2.75) is 45.4 Å². The van der Waals surface area contributed by atoms with E-state index in [0.29, 0.717) is 6.42 Å². The molecule has 1 unspecified atom stereocenters. The highest BCUT2D eigenvalue weighted by Gasteiger charge is 2.40. The SMILES string of the molecule is COP(=O)(OC)C(C/C=C(\C)CCC=C(C)C)P(c1ccccc1)c1ccccc1.[B]. The molecule has 2 rings (SSSR count). The minimum Gasteiger partial charge on any atom is -0.311 e. The molecule has 0 aliphatic rings. The van der Waals surface area contributed by atoms with Crippen molar-refractivity contribution in [1.82, 2.24) is 0 Å². The summed E-state index contributed by atoms with van der Waals surface area (Å²) in [6, 6.07) is 20.6. The number of rotatable bonds is 11. The van der Waals surface area contributed by atoms with Crippen LogP contribution in [0.4, 0.5) is 0 Å². The molecular weight excluding hydrogens is 421 g/mol. The third kappa shape index (κ3) is 8.21. The highest BCUT2D eigenvalue weighted by Crippen LogP contribution is 2.65. The van der Waals surface area contributed by atoms with E-state index in [1.165, 1.54) is 36.0 Å². The summed E-state index contributed by atoms with van der Waals surface area (Å²) in [6.07, 6.45) is 7.14. The molecule has 3 radical (unpaired) electrons. The average molecular weight is 455 g/mol. The van der Waals surface area contributed by atoms with Crippen molar-refractivity contribution in [3.8, 4) is 0 Å². The van der Waals surface area contributed by atoms with Crippen molar-refractivity contribution in [2.75, 3.05) is 14.2 Å². The maximum Gasteiger partial charge on any atom is 0.338 e. The molecule has 0 N–H and O–H groups in total. The van der Waals surface area contributed by atoms with Gasteiger partial charge in [-0.25, -0.2) is 0 Å². The third-order valence-corrected chi connectivity index (χ3v) is 11.0. The topological polar surface area (TPSA) is 35.5 Å². The van der Waals surface area contributed by atoms with E-state index in [1.807, 2.05) is 36.4 Å². The summed E-state index contributed by atoms with van der Waals surface area (Å²) < 4.78 is 24.7. The Bertz CT molecular complexity index is 831. The first kappa shape index (κ1) is 27.6. The smallest absolute Gasteiger partial charge is 0.311 e. The molecular formula is C25H34BO3P2. The van der Waals surface area contributed by atoms with E-state index < -0.39 is 15.5 Å². The summed E-state index contributed by atoms with van der Waals surface area (Å²) in [7, 11) is -1.26. The second-order valence-corrected chi connectivity index (χ2v) is 12.8. The lowest BCUT2D eigenvalue weighted by Crippen LogP contribution is -2.23. The van der Waals surface area contributed by atoms with Gasteiger partial charge in [0.25, 0.3) is 0 Å². The molecule has 0 saturated heterocycles. The Hall–Kier alpha value is -1.44. The van der Waals surface area contributed by atoms with E-state index in [4.69, 9.17) is 9.05 Å². The number of benzene rings is 2. The summed E-state index contributed by atoms with van der Waals surface area (Å²) in [5, 5.41) is 2.09. The summed E-state index contributed by atoms with van der Waals surface area (Å²) in [5.74, 6) is 0. The van der Waals surface area contributed by atoms with Crippen LogP contribution in [0.5, 0.6) is 0 Å². The molecule has 1 atom stereocenters. The largest absolute Gasteiger partial charge is 0.338 e. The molecule has 31 heavy (non-hydrogen) atoms. The standard InChI is InChI=1S/C25H34O3P2.B/c1-21(2)13-12-14-22(3)19-20-25(30(26,27-4)28-5)29(23-15-8-6-9-16-23)24-17-10-7-11-18-24;/h6-11,13,15-19,25H,12,14,20H2,1-5H3;/b22-19+;. The fourth-order valence-corrected chi connectivity index (χ4v) is 9.15. The van der Waals surface area contributed by atoms with Gasteiger partial charge in [-0.15, -0.1) is 0 Å². The molecule has 0 saturated carbocycles. The maximum atomic E-state index is 13.7. The van der Waals surface area contributed by atoms with Gasteiger partial charge < -0.3 is 9.05 Å². The van der Waals surface area contributed by atoms with Gasteiger partial charge in [0, 0.05) is 22.6 Å². The Morgan fingerprint density at radius 3 is 1.81 bits per heavy atom. The molecule has 0 amide bonds. The van der Waals surface area contributed by atoms with Crippen LogP contribution < -0.4 is 10.6 Å². The van der Waals surface area contributed by atoms with Gasteiger partial charge in [0.05, 0.1) is 5.40 Å². The Kier molecular flexibility index (Phi) is 12.3. The predicted octanol–water partition coefficient (Wildman–Crippen LogP) is 6.63. The van der Waals surface area contributed by atoms with Crippen molar-refractivity contribution in [2.24, 2.45) is 0 Å². The quantitative estimate of drug-likeness (QED) is 0.217. The van der Waals surface area contributed by atoms with Crippen molar-refractivity contribution in [3.63, 3.8) is 0 Å². The van der Waals surface area contributed by atoms with Crippen molar-refractivity contribution in [1.29, 1.82) is 0 Å². The first-order valence-electron chi connectivity index (χ1n) is 10.3. The van der Waals surface area contributed by atoms with E-state index in [2.05, 4.69) is 57.2 Å². The Balaban J connectivity index is 0.00000480. The van der Waals surface area contributed by atoms with Crippen LogP contribution >= 0.6 is 15.5 Å². The van der Waals surface area contributed by atoms with Crippen LogP contribution in [0.15, 0.2) is 84.0 Å². The lowest BCUT2D eigenvalue weighted by Gasteiger charge is -2.32. The van der Waals surface area contributed by atoms with E-state index in [-0.39, 0.29) is 13.8 Å². The van der Waals surface area contributed by atoms with E-state index in [9.17, 15) is 4.57 Å². The van der Waals surface area contributed by atoms with E-state index in [1.54, 1.807) is 0 Å². The monoisotopic (exact) mass is 455 g/mol. The second kappa shape index (κ2) is 13.9.